The minimum atomic E-state index is -1.77. The smallest absolute Gasteiger partial charge is 0.260 e. The van der Waals surface area contributed by atoms with E-state index in [2.05, 4.69) is 19.6 Å². The second-order valence-corrected chi connectivity index (χ2v) is 10.1. The van der Waals surface area contributed by atoms with E-state index < -0.39 is 13.7 Å². The van der Waals surface area contributed by atoms with Gasteiger partial charge >= 0.3 is 0 Å². The summed E-state index contributed by atoms with van der Waals surface area (Å²) in [6.07, 6.45) is 0. The van der Waals surface area contributed by atoms with Gasteiger partial charge in [-0.1, -0.05) is 19.6 Å². The van der Waals surface area contributed by atoms with Crippen molar-refractivity contribution in [3.63, 3.8) is 0 Å². The molecule has 0 radical (unpaired) electrons. The Morgan fingerprint density at radius 3 is 1.75 bits per heavy atom. The van der Waals surface area contributed by atoms with Gasteiger partial charge in [0, 0.05) is 13.2 Å². The minimum absolute atomic E-state index is 0.0384. The molecule has 0 aromatic heterocycles. The summed E-state index contributed by atoms with van der Waals surface area (Å²) in [6.45, 7) is 14.1. The molecular weight excluding hydrogens is 243 g/mol. The molecule has 0 spiro atoms. The zero-order valence-corrected chi connectivity index (χ0v) is 13.3. The van der Waals surface area contributed by atoms with Crippen LogP contribution in [0.5, 0.6) is 0 Å². The van der Waals surface area contributed by atoms with Crippen LogP contribution in [0.15, 0.2) is 0 Å². The van der Waals surface area contributed by atoms with Gasteiger partial charge in [-0.2, -0.15) is 0 Å². The van der Waals surface area contributed by atoms with Crippen LogP contribution in [0.25, 0.3) is 0 Å². The van der Waals surface area contributed by atoms with E-state index in [1.807, 2.05) is 20.8 Å². The maximum atomic E-state index is 5.74. The van der Waals surface area contributed by atoms with Gasteiger partial charge in [-0.15, -0.1) is 0 Å². The summed E-state index contributed by atoms with van der Waals surface area (Å²) in [4.78, 5) is 0. The number of hydrogen-bond donors (Lipinski definition) is 0. The molecule has 0 aliphatic carbocycles. The second kappa shape index (κ2) is 7.74. The number of hydrogen-bond acceptors (Lipinski definition) is 4. The molecule has 0 saturated heterocycles. The van der Waals surface area contributed by atoms with E-state index in [-0.39, 0.29) is 9.03 Å². The van der Waals surface area contributed by atoms with Crippen molar-refractivity contribution < 1.29 is 18.5 Å². The monoisotopic (exact) mass is 268 g/mol. The van der Waals surface area contributed by atoms with Crippen LogP contribution in [0.1, 0.15) is 20.8 Å². The van der Waals surface area contributed by atoms with E-state index in [4.69, 9.17) is 18.5 Å². The van der Waals surface area contributed by atoms with E-state index in [0.29, 0.717) is 19.8 Å². The van der Waals surface area contributed by atoms with Crippen LogP contribution in [0.4, 0.5) is 0 Å². The average molecular weight is 268 g/mol. The first kappa shape index (κ1) is 16.5. The van der Waals surface area contributed by atoms with Gasteiger partial charge < -0.3 is 14.0 Å². The molecule has 1 atom stereocenters. The SMILES string of the molecule is CCOPOC(OCC)(OCC)[Si](C)(C)C. The zero-order valence-electron chi connectivity index (χ0n) is 11.3. The van der Waals surface area contributed by atoms with Gasteiger partial charge in [0.25, 0.3) is 5.60 Å². The summed E-state index contributed by atoms with van der Waals surface area (Å²) in [7, 11) is -1.81. The molecule has 0 aliphatic rings. The van der Waals surface area contributed by atoms with Crippen LogP contribution in [0.2, 0.25) is 19.6 Å². The van der Waals surface area contributed by atoms with Gasteiger partial charge in [0.05, 0.1) is 6.61 Å². The van der Waals surface area contributed by atoms with Crippen molar-refractivity contribution in [2.24, 2.45) is 0 Å². The predicted molar refractivity (Wildman–Crippen MR) is 70.4 cm³/mol. The Morgan fingerprint density at radius 2 is 1.44 bits per heavy atom. The molecule has 0 aromatic carbocycles. The standard InChI is InChI=1S/C10H25O4PSi/c1-7-11-10(12-8-2,16(4,5)6)14-15-13-9-3/h15H,7-9H2,1-6H3. The van der Waals surface area contributed by atoms with E-state index >= 15 is 0 Å². The summed E-state index contributed by atoms with van der Waals surface area (Å²) >= 11 is 0. The second-order valence-electron chi connectivity index (χ2n) is 4.29. The lowest BCUT2D eigenvalue weighted by Crippen LogP contribution is -2.57. The quantitative estimate of drug-likeness (QED) is 0.278. The summed E-state index contributed by atoms with van der Waals surface area (Å²) in [6, 6.07) is 0. The summed E-state index contributed by atoms with van der Waals surface area (Å²) in [5, 5.41) is 0. The number of rotatable bonds is 9. The topological polar surface area (TPSA) is 36.9 Å². The van der Waals surface area contributed by atoms with Crippen LogP contribution in [-0.4, -0.2) is 33.5 Å². The molecule has 0 fully saturated rings. The lowest BCUT2D eigenvalue weighted by molar-refractivity contribution is -0.288. The molecule has 1 unspecified atom stereocenters. The molecule has 0 N–H and O–H groups in total. The fraction of sp³-hybridized carbons (Fsp3) is 1.00. The number of ether oxygens (including phenoxy) is 2. The van der Waals surface area contributed by atoms with Crippen molar-refractivity contribution in [2.45, 2.75) is 46.0 Å². The van der Waals surface area contributed by atoms with Crippen molar-refractivity contribution in [2.75, 3.05) is 19.8 Å². The molecule has 0 heterocycles. The fourth-order valence-corrected chi connectivity index (χ4v) is 4.12. The third-order valence-electron chi connectivity index (χ3n) is 1.97. The van der Waals surface area contributed by atoms with E-state index in [9.17, 15) is 0 Å². The molecule has 0 aliphatic heterocycles. The lowest BCUT2D eigenvalue weighted by Gasteiger charge is -2.41. The van der Waals surface area contributed by atoms with Crippen LogP contribution in [0, 0.1) is 0 Å². The van der Waals surface area contributed by atoms with Crippen LogP contribution >= 0.6 is 9.03 Å². The molecule has 0 amide bonds. The highest BCUT2D eigenvalue weighted by molar-refractivity contribution is 7.26. The summed E-state index contributed by atoms with van der Waals surface area (Å²) in [5.41, 5.74) is -0.885. The van der Waals surface area contributed by atoms with Crippen molar-refractivity contribution in [3.8, 4) is 0 Å². The fourth-order valence-electron chi connectivity index (χ4n) is 1.21. The van der Waals surface area contributed by atoms with E-state index in [0.717, 1.165) is 0 Å². The van der Waals surface area contributed by atoms with Crippen LogP contribution in [-0.2, 0) is 18.5 Å². The molecule has 0 aromatic rings. The Labute approximate surface area is 102 Å². The molecule has 16 heavy (non-hydrogen) atoms. The molecule has 0 bridgehead atoms. The largest absolute Gasteiger partial charge is 0.336 e. The molecule has 0 saturated carbocycles. The molecule has 98 valence electrons. The highest BCUT2D eigenvalue weighted by Gasteiger charge is 2.47. The van der Waals surface area contributed by atoms with Crippen molar-refractivity contribution in [3.05, 3.63) is 0 Å². The van der Waals surface area contributed by atoms with Gasteiger partial charge in [0.15, 0.2) is 17.1 Å². The lowest BCUT2D eigenvalue weighted by atomic mass is 10.8. The Kier molecular flexibility index (Phi) is 7.98. The van der Waals surface area contributed by atoms with Gasteiger partial charge in [0.1, 0.15) is 0 Å². The third kappa shape index (κ3) is 4.78. The van der Waals surface area contributed by atoms with Crippen molar-refractivity contribution in [1.29, 1.82) is 0 Å². The maximum absolute atomic E-state index is 5.74. The molecular formula is C10H25O4PSi. The molecule has 0 rings (SSSR count). The first-order valence-electron chi connectivity index (χ1n) is 5.76. The Balaban J connectivity index is 4.65. The van der Waals surface area contributed by atoms with Crippen LogP contribution < -0.4 is 0 Å². The van der Waals surface area contributed by atoms with Gasteiger partial charge in [0.2, 0.25) is 0 Å². The normalized spacial score (nSPS) is 13.9. The first-order valence-corrected chi connectivity index (χ1v) is 10.1. The Morgan fingerprint density at radius 1 is 0.938 bits per heavy atom. The van der Waals surface area contributed by atoms with Crippen molar-refractivity contribution in [1.82, 2.24) is 0 Å². The summed E-state index contributed by atoms with van der Waals surface area (Å²) in [5.74, 6) is 0. The third-order valence-corrected chi connectivity index (χ3v) is 5.16. The zero-order chi connectivity index (χ0) is 12.7. The Bertz CT molecular complexity index is 178. The van der Waals surface area contributed by atoms with Crippen LogP contribution in [0.3, 0.4) is 0 Å². The van der Waals surface area contributed by atoms with Gasteiger partial charge in [-0.05, 0) is 20.8 Å². The highest BCUT2D eigenvalue weighted by atomic mass is 31.1. The first-order chi connectivity index (χ1) is 7.43. The molecule has 4 nitrogen and oxygen atoms in total. The van der Waals surface area contributed by atoms with E-state index in [1.165, 1.54) is 0 Å². The maximum Gasteiger partial charge on any atom is 0.260 e. The van der Waals surface area contributed by atoms with Crippen molar-refractivity contribution >= 4 is 17.1 Å². The minimum Gasteiger partial charge on any atom is -0.336 e. The Hall–Kier alpha value is 0.487. The molecule has 6 heteroatoms. The predicted octanol–water partition coefficient (Wildman–Crippen LogP) is 3.15. The van der Waals surface area contributed by atoms with Gasteiger partial charge in [-0.25, -0.2) is 0 Å². The average Bonchev–Trinajstić information content (AvgIpc) is 2.17. The van der Waals surface area contributed by atoms with E-state index in [1.54, 1.807) is 0 Å². The highest BCUT2D eigenvalue weighted by Crippen LogP contribution is 2.34. The van der Waals surface area contributed by atoms with Gasteiger partial charge in [-0.3, -0.25) is 4.52 Å². The summed E-state index contributed by atoms with van der Waals surface area (Å²) < 4.78 is 22.4.